The third-order valence-corrected chi connectivity index (χ3v) is 5.13. The zero-order valence-corrected chi connectivity index (χ0v) is 14.9. The Hall–Kier alpha value is -0.500. The van der Waals surface area contributed by atoms with Gasteiger partial charge in [-0.25, -0.2) is 17.5 Å². The number of benzene rings is 1. The molecule has 1 unspecified atom stereocenters. The molecule has 0 bridgehead atoms. The maximum atomic E-state index is 14.4. The molecule has 1 aromatic rings. The first kappa shape index (κ1) is 18.5. The Labute approximate surface area is 134 Å². The monoisotopic (exact) mass is 380 g/mol. The van der Waals surface area contributed by atoms with E-state index in [1.165, 1.54) is 6.07 Å². The highest BCUT2D eigenvalue weighted by Gasteiger charge is 2.23. The summed E-state index contributed by atoms with van der Waals surface area (Å²) >= 11 is 3.23. The second kappa shape index (κ2) is 8.22. The van der Waals surface area contributed by atoms with E-state index >= 15 is 0 Å². The fraction of sp³-hybridized carbons (Fsp3) is 0.571. The number of sulfonamides is 1. The molecular formula is C14H22BrFN2O2S. The Balaban J connectivity index is 3.07. The highest BCUT2D eigenvalue weighted by atomic mass is 79.9. The average molecular weight is 381 g/mol. The molecule has 0 spiro atoms. The van der Waals surface area contributed by atoms with Crippen molar-refractivity contribution < 1.29 is 12.8 Å². The van der Waals surface area contributed by atoms with Gasteiger partial charge in [-0.15, -0.1) is 0 Å². The summed E-state index contributed by atoms with van der Waals surface area (Å²) in [7, 11) is -2.19. The first-order valence-corrected chi connectivity index (χ1v) is 9.24. The Morgan fingerprint density at radius 1 is 1.38 bits per heavy atom. The highest BCUT2D eigenvalue weighted by molar-refractivity contribution is 9.10. The van der Waals surface area contributed by atoms with Crippen LogP contribution in [0.3, 0.4) is 0 Å². The third kappa shape index (κ3) is 5.32. The van der Waals surface area contributed by atoms with E-state index in [0.717, 1.165) is 19.3 Å². The number of hydrogen-bond acceptors (Lipinski definition) is 3. The van der Waals surface area contributed by atoms with Crippen molar-refractivity contribution in [2.75, 3.05) is 7.05 Å². The van der Waals surface area contributed by atoms with Crippen LogP contribution < -0.4 is 10.0 Å². The van der Waals surface area contributed by atoms with Crippen LogP contribution in [0.25, 0.3) is 0 Å². The van der Waals surface area contributed by atoms with E-state index in [1.54, 1.807) is 20.0 Å². The van der Waals surface area contributed by atoms with E-state index in [2.05, 4.69) is 26.0 Å². The van der Waals surface area contributed by atoms with Crippen molar-refractivity contribution in [3.8, 4) is 0 Å². The molecule has 1 aromatic carbocycles. The molecule has 1 atom stereocenters. The smallest absolute Gasteiger partial charge is 0.243 e. The fourth-order valence-corrected chi connectivity index (χ4v) is 4.11. The van der Waals surface area contributed by atoms with Crippen LogP contribution in [-0.4, -0.2) is 21.5 Å². The van der Waals surface area contributed by atoms with Gasteiger partial charge in [0.05, 0.1) is 0 Å². The molecule has 2 N–H and O–H groups in total. The van der Waals surface area contributed by atoms with Crippen molar-refractivity contribution in [2.45, 2.75) is 50.6 Å². The van der Waals surface area contributed by atoms with E-state index in [4.69, 9.17) is 0 Å². The van der Waals surface area contributed by atoms with Gasteiger partial charge in [0.2, 0.25) is 10.0 Å². The van der Waals surface area contributed by atoms with E-state index in [9.17, 15) is 12.8 Å². The fourth-order valence-electron chi connectivity index (χ4n) is 2.03. The molecule has 1 rings (SSSR count). The second-order valence-electron chi connectivity index (χ2n) is 5.07. The Kier molecular flexibility index (Phi) is 7.26. The molecule has 0 radical (unpaired) electrons. The van der Waals surface area contributed by atoms with Crippen LogP contribution in [0, 0.1) is 5.82 Å². The maximum Gasteiger partial charge on any atom is 0.243 e. The average Bonchev–Trinajstić information content (AvgIpc) is 2.39. The van der Waals surface area contributed by atoms with E-state index in [1.807, 2.05) is 6.92 Å². The summed E-state index contributed by atoms with van der Waals surface area (Å²) in [5.41, 5.74) is 0.313. The number of unbranched alkanes of at least 4 members (excludes halogenated alkanes) is 1. The summed E-state index contributed by atoms with van der Waals surface area (Å²) in [6.07, 6.45) is 2.65. The summed E-state index contributed by atoms with van der Waals surface area (Å²) in [4.78, 5) is -0.314. The summed E-state index contributed by atoms with van der Waals surface area (Å²) in [5.74, 6) is -0.706. The van der Waals surface area contributed by atoms with Crippen molar-refractivity contribution in [1.82, 2.24) is 10.0 Å². The molecule has 0 aliphatic rings. The minimum Gasteiger partial charge on any atom is -0.316 e. The zero-order valence-electron chi connectivity index (χ0n) is 12.5. The van der Waals surface area contributed by atoms with Crippen LogP contribution in [0.4, 0.5) is 4.39 Å². The van der Waals surface area contributed by atoms with Gasteiger partial charge < -0.3 is 5.32 Å². The Morgan fingerprint density at radius 2 is 2.05 bits per heavy atom. The van der Waals surface area contributed by atoms with Crippen molar-refractivity contribution in [1.29, 1.82) is 0 Å². The lowest BCUT2D eigenvalue weighted by atomic mass is 10.2. The molecule has 7 heteroatoms. The molecule has 0 saturated heterocycles. The van der Waals surface area contributed by atoms with E-state index in [-0.39, 0.29) is 17.5 Å². The predicted octanol–water partition coefficient (Wildman–Crippen LogP) is 3.16. The standard InChI is InChI=1S/C14H22BrFN2O2S/c1-4-5-6-10(2)18-21(19,20)13-8-12(15)7-11(9-17-3)14(13)16/h7-8,10,17-18H,4-6,9H2,1-3H3. The lowest BCUT2D eigenvalue weighted by Crippen LogP contribution is -2.33. The zero-order chi connectivity index (χ0) is 16.0. The minimum absolute atomic E-state index is 0.221. The third-order valence-electron chi connectivity index (χ3n) is 3.08. The van der Waals surface area contributed by atoms with Gasteiger partial charge in [-0.2, -0.15) is 0 Å². The summed E-state index contributed by atoms with van der Waals surface area (Å²) in [6, 6.07) is 2.65. The summed E-state index contributed by atoms with van der Waals surface area (Å²) in [6.45, 7) is 4.09. The maximum absolute atomic E-state index is 14.4. The van der Waals surface area contributed by atoms with Crippen molar-refractivity contribution in [3.05, 3.63) is 28.0 Å². The van der Waals surface area contributed by atoms with Gasteiger partial charge in [-0.3, -0.25) is 0 Å². The SMILES string of the molecule is CCCCC(C)NS(=O)(=O)c1cc(Br)cc(CNC)c1F. The molecule has 0 amide bonds. The number of hydrogen-bond donors (Lipinski definition) is 2. The first-order chi connectivity index (χ1) is 9.81. The summed E-state index contributed by atoms with van der Waals surface area (Å²) < 4.78 is 42.1. The molecule has 0 aliphatic carbocycles. The van der Waals surface area contributed by atoms with Crippen LogP contribution in [0.15, 0.2) is 21.5 Å². The van der Waals surface area contributed by atoms with Gasteiger partial charge in [-0.1, -0.05) is 35.7 Å². The van der Waals surface area contributed by atoms with Crippen molar-refractivity contribution >= 4 is 26.0 Å². The molecule has 21 heavy (non-hydrogen) atoms. The van der Waals surface area contributed by atoms with Gasteiger partial charge in [-0.05, 0) is 32.5 Å². The Morgan fingerprint density at radius 3 is 2.62 bits per heavy atom. The van der Waals surface area contributed by atoms with Gasteiger partial charge in [0.15, 0.2) is 0 Å². The quantitative estimate of drug-likeness (QED) is 0.727. The topological polar surface area (TPSA) is 58.2 Å². The van der Waals surface area contributed by atoms with Crippen LogP contribution in [0.5, 0.6) is 0 Å². The van der Waals surface area contributed by atoms with Gasteiger partial charge >= 0.3 is 0 Å². The lowest BCUT2D eigenvalue weighted by Gasteiger charge is -2.15. The van der Waals surface area contributed by atoms with Gasteiger partial charge in [0.25, 0.3) is 0 Å². The highest BCUT2D eigenvalue weighted by Crippen LogP contribution is 2.24. The van der Waals surface area contributed by atoms with Crippen molar-refractivity contribution in [3.63, 3.8) is 0 Å². The van der Waals surface area contributed by atoms with Crippen molar-refractivity contribution in [2.24, 2.45) is 0 Å². The molecule has 120 valence electrons. The molecule has 0 fully saturated rings. The normalized spacial score (nSPS) is 13.4. The summed E-state index contributed by atoms with van der Waals surface area (Å²) in [5, 5.41) is 2.82. The molecule has 0 aliphatic heterocycles. The molecule has 4 nitrogen and oxygen atoms in total. The van der Waals surface area contributed by atoms with Crippen LogP contribution in [-0.2, 0) is 16.6 Å². The van der Waals surface area contributed by atoms with Gasteiger partial charge in [0.1, 0.15) is 10.7 Å². The predicted molar refractivity (Wildman–Crippen MR) is 86.2 cm³/mol. The molecule has 0 aromatic heterocycles. The first-order valence-electron chi connectivity index (χ1n) is 6.96. The Bertz CT molecular complexity index is 579. The van der Waals surface area contributed by atoms with E-state index in [0.29, 0.717) is 10.0 Å². The number of halogens is 2. The molecule has 0 heterocycles. The van der Waals surface area contributed by atoms with Crippen LogP contribution in [0.2, 0.25) is 0 Å². The second-order valence-corrected chi connectivity index (χ2v) is 7.67. The molecule has 0 saturated carbocycles. The van der Waals surface area contributed by atoms with Crippen LogP contribution in [0.1, 0.15) is 38.7 Å². The number of nitrogens with one attached hydrogen (secondary N) is 2. The lowest BCUT2D eigenvalue weighted by molar-refractivity contribution is 0.520. The van der Waals surface area contributed by atoms with Gasteiger partial charge in [0, 0.05) is 22.6 Å². The van der Waals surface area contributed by atoms with E-state index < -0.39 is 15.8 Å². The number of rotatable bonds is 8. The minimum atomic E-state index is -3.87. The largest absolute Gasteiger partial charge is 0.316 e. The van der Waals surface area contributed by atoms with Crippen LogP contribution >= 0.6 is 15.9 Å². The molecular weight excluding hydrogens is 359 g/mol.